The van der Waals surface area contributed by atoms with Crippen molar-refractivity contribution in [2.75, 3.05) is 0 Å². The van der Waals surface area contributed by atoms with E-state index in [9.17, 15) is 5.11 Å². The number of aliphatic hydroxyl groups excluding tert-OH is 1. The Bertz CT molecular complexity index is 392. The molecular formula is C10H11NO2S. The van der Waals surface area contributed by atoms with E-state index < -0.39 is 0 Å². The zero-order valence-electron chi connectivity index (χ0n) is 7.80. The SMILES string of the molecule is CC(O)Cc1cnc(-c2ccco2)s1. The summed E-state index contributed by atoms with van der Waals surface area (Å²) in [6.45, 7) is 1.77. The van der Waals surface area contributed by atoms with E-state index in [4.69, 9.17) is 4.42 Å². The summed E-state index contributed by atoms with van der Waals surface area (Å²) in [7, 11) is 0. The maximum absolute atomic E-state index is 9.20. The van der Waals surface area contributed by atoms with Crippen LogP contribution in [0, 0.1) is 0 Å². The molecule has 2 rings (SSSR count). The van der Waals surface area contributed by atoms with E-state index in [1.165, 1.54) is 0 Å². The van der Waals surface area contributed by atoms with E-state index in [0.717, 1.165) is 15.6 Å². The van der Waals surface area contributed by atoms with E-state index >= 15 is 0 Å². The highest BCUT2D eigenvalue weighted by Crippen LogP contribution is 2.25. The molecule has 2 heterocycles. The molecule has 3 nitrogen and oxygen atoms in total. The average molecular weight is 209 g/mol. The van der Waals surface area contributed by atoms with E-state index in [2.05, 4.69) is 4.98 Å². The lowest BCUT2D eigenvalue weighted by molar-refractivity contribution is 0.196. The fraction of sp³-hybridized carbons (Fsp3) is 0.300. The third-order valence-corrected chi connectivity index (χ3v) is 2.82. The molecule has 1 unspecified atom stereocenters. The van der Waals surface area contributed by atoms with Gasteiger partial charge < -0.3 is 9.52 Å². The monoisotopic (exact) mass is 209 g/mol. The number of rotatable bonds is 3. The second kappa shape index (κ2) is 3.94. The smallest absolute Gasteiger partial charge is 0.162 e. The maximum atomic E-state index is 9.20. The molecule has 0 bridgehead atoms. The summed E-state index contributed by atoms with van der Waals surface area (Å²) >= 11 is 1.55. The standard InChI is InChI=1S/C10H11NO2S/c1-7(12)5-8-6-11-10(14-8)9-3-2-4-13-9/h2-4,6-7,12H,5H2,1H3. The fourth-order valence-electron chi connectivity index (χ4n) is 1.21. The van der Waals surface area contributed by atoms with Crippen molar-refractivity contribution in [1.29, 1.82) is 0 Å². The van der Waals surface area contributed by atoms with Crippen LogP contribution in [-0.4, -0.2) is 16.2 Å². The van der Waals surface area contributed by atoms with Gasteiger partial charge in [-0.1, -0.05) is 0 Å². The molecule has 0 fully saturated rings. The van der Waals surface area contributed by atoms with Gasteiger partial charge in [0.05, 0.1) is 12.4 Å². The van der Waals surface area contributed by atoms with Crippen molar-refractivity contribution in [3.8, 4) is 10.8 Å². The first-order valence-electron chi connectivity index (χ1n) is 4.42. The molecule has 0 aliphatic heterocycles. The zero-order chi connectivity index (χ0) is 9.97. The minimum absolute atomic E-state index is 0.320. The van der Waals surface area contributed by atoms with Crippen molar-refractivity contribution in [3.63, 3.8) is 0 Å². The molecule has 0 aliphatic rings. The molecule has 1 atom stereocenters. The Morgan fingerprint density at radius 2 is 2.50 bits per heavy atom. The van der Waals surface area contributed by atoms with Crippen molar-refractivity contribution in [2.24, 2.45) is 0 Å². The van der Waals surface area contributed by atoms with Crippen molar-refractivity contribution in [2.45, 2.75) is 19.4 Å². The lowest BCUT2D eigenvalue weighted by Gasteiger charge is -1.97. The van der Waals surface area contributed by atoms with Gasteiger partial charge in [-0.15, -0.1) is 11.3 Å². The van der Waals surface area contributed by atoms with Crippen LogP contribution in [0.5, 0.6) is 0 Å². The van der Waals surface area contributed by atoms with Gasteiger partial charge in [0.15, 0.2) is 10.8 Å². The molecular weight excluding hydrogens is 198 g/mol. The lowest BCUT2D eigenvalue weighted by atomic mass is 10.3. The number of hydrogen-bond donors (Lipinski definition) is 1. The predicted molar refractivity (Wildman–Crippen MR) is 55.2 cm³/mol. The van der Waals surface area contributed by atoms with Crippen molar-refractivity contribution >= 4 is 11.3 Å². The summed E-state index contributed by atoms with van der Waals surface area (Å²) in [5, 5.41) is 10.1. The van der Waals surface area contributed by atoms with E-state index in [1.807, 2.05) is 12.1 Å². The van der Waals surface area contributed by atoms with Gasteiger partial charge in [-0.3, -0.25) is 0 Å². The van der Waals surface area contributed by atoms with E-state index in [-0.39, 0.29) is 6.10 Å². The van der Waals surface area contributed by atoms with Crippen LogP contribution >= 0.6 is 11.3 Å². The molecule has 2 aromatic heterocycles. The van der Waals surface area contributed by atoms with Gasteiger partial charge in [-0.2, -0.15) is 0 Å². The quantitative estimate of drug-likeness (QED) is 0.843. The van der Waals surface area contributed by atoms with Crippen molar-refractivity contribution in [1.82, 2.24) is 4.98 Å². The second-order valence-electron chi connectivity index (χ2n) is 3.16. The van der Waals surface area contributed by atoms with Crippen molar-refractivity contribution < 1.29 is 9.52 Å². The van der Waals surface area contributed by atoms with Crippen LogP contribution in [0.15, 0.2) is 29.0 Å². The van der Waals surface area contributed by atoms with Crippen LogP contribution in [0.2, 0.25) is 0 Å². The molecule has 0 aliphatic carbocycles. The number of hydrogen-bond acceptors (Lipinski definition) is 4. The summed E-state index contributed by atoms with van der Waals surface area (Å²) in [5.74, 6) is 0.784. The molecule has 0 amide bonds. The van der Waals surface area contributed by atoms with Crippen LogP contribution in [0.3, 0.4) is 0 Å². The molecule has 0 aromatic carbocycles. The van der Waals surface area contributed by atoms with Gasteiger partial charge in [-0.25, -0.2) is 4.98 Å². The van der Waals surface area contributed by atoms with E-state index in [0.29, 0.717) is 6.42 Å². The van der Waals surface area contributed by atoms with Crippen LogP contribution in [-0.2, 0) is 6.42 Å². The summed E-state index contributed by atoms with van der Waals surface area (Å²) in [6.07, 6.45) is 3.75. The summed E-state index contributed by atoms with van der Waals surface area (Å²) in [6, 6.07) is 3.72. The van der Waals surface area contributed by atoms with Crippen molar-refractivity contribution in [3.05, 3.63) is 29.5 Å². The van der Waals surface area contributed by atoms with Gasteiger partial charge in [0.1, 0.15) is 0 Å². The molecule has 14 heavy (non-hydrogen) atoms. The molecule has 0 saturated carbocycles. The molecule has 1 N–H and O–H groups in total. The number of aromatic nitrogens is 1. The number of thiazole rings is 1. The number of furan rings is 1. The Labute approximate surface area is 86.0 Å². The fourth-order valence-corrected chi connectivity index (χ4v) is 2.21. The van der Waals surface area contributed by atoms with Gasteiger partial charge in [0, 0.05) is 17.5 Å². The minimum Gasteiger partial charge on any atom is -0.462 e. The summed E-state index contributed by atoms with van der Waals surface area (Å²) < 4.78 is 5.22. The van der Waals surface area contributed by atoms with Crippen LogP contribution in [0.25, 0.3) is 10.8 Å². The van der Waals surface area contributed by atoms with Crippen LogP contribution < -0.4 is 0 Å². The summed E-state index contributed by atoms with van der Waals surface area (Å²) in [5.41, 5.74) is 0. The molecule has 0 spiro atoms. The van der Waals surface area contributed by atoms with Gasteiger partial charge in [0.25, 0.3) is 0 Å². The van der Waals surface area contributed by atoms with Gasteiger partial charge in [-0.05, 0) is 19.1 Å². The Hall–Kier alpha value is -1.13. The van der Waals surface area contributed by atoms with E-state index in [1.54, 1.807) is 30.7 Å². The van der Waals surface area contributed by atoms with Gasteiger partial charge >= 0.3 is 0 Å². The lowest BCUT2D eigenvalue weighted by Crippen LogP contribution is -2.01. The highest BCUT2D eigenvalue weighted by atomic mass is 32.1. The Balaban J connectivity index is 2.18. The average Bonchev–Trinajstić information content (AvgIpc) is 2.69. The molecule has 4 heteroatoms. The highest BCUT2D eigenvalue weighted by molar-refractivity contribution is 7.14. The third-order valence-electron chi connectivity index (χ3n) is 1.78. The normalized spacial score (nSPS) is 13.0. The first-order valence-corrected chi connectivity index (χ1v) is 5.24. The van der Waals surface area contributed by atoms with Gasteiger partial charge in [0.2, 0.25) is 0 Å². The molecule has 0 radical (unpaired) electrons. The number of nitrogens with zero attached hydrogens (tertiary/aromatic N) is 1. The largest absolute Gasteiger partial charge is 0.462 e. The highest BCUT2D eigenvalue weighted by Gasteiger charge is 2.08. The van der Waals surface area contributed by atoms with Crippen LogP contribution in [0.4, 0.5) is 0 Å². The molecule has 0 saturated heterocycles. The third kappa shape index (κ3) is 2.02. The zero-order valence-corrected chi connectivity index (χ0v) is 8.62. The minimum atomic E-state index is -0.320. The maximum Gasteiger partial charge on any atom is 0.162 e. The Kier molecular flexibility index (Phi) is 2.65. The first kappa shape index (κ1) is 9.43. The topological polar surface area (TPSA) is 46.3 Å². The predicted octanol–water partition coefficient (Wildman–Crippen LogP) is 2.33. The molecule has 74 valence electrons. The second-order valence-corrected chi connectivity index (χ2v) is 4.28. The van der Waals surface area contributed by atoms with Crippen LogP contribution in [0.1, 0.15) is 11.8 Å². The Morgan fingerprint density at radius 3 is 3.14 bits per heavy atom. The summed E-state index contributed by atoms with van der Waals surface area (Å²) in [4.78, 5) is 5.30. The first-order chi connectivity index (χ1) is 6.75. The molecule has 2 aromatic rings. The number of aliphatic hydroxyl groups is 1. The Morgan fingerprint density at radius 1 is 1.64 bits per heavy atom.